The lowest BCUT2D eigenvalue weighted by molar-refractivity contribution is 0.100. The number of para-hydroxylation sites is 1. The molecule has 2 aliphatic carbocycles. The Labute approximate surface area is 118 Å². The molecule has 4 nitrogen and oxygen atoms in total. The summed E-state index contributed by atoms with van der Waals surface area (Å²) in [5, 5.41) is 0. The van der Waals surface area contributed by atoms with E-state index in [0.717, 1.165) is 11.0 Å². The summed E-state index contributed by atoms with van der Waals surface area (Å²) < 4.78 is 2.32. The highest BCUT2D eigenvalue weighted by atomic mass is 16.1. The Morgan fingerprint density at radius 1 is 1.20 bits per heavy atom. The van der Waals surface area contributed by atoms with Crippen LogP contribution in [0.4, 0.5) is 0 Å². The standard InChI is InChI=1S/C16H19N3O/c17-15(20)12-6-3-7-13-14(12)19(11-8-9-11)16(18-13)10-4-1-2-5-10/h3,6-7,10-11H,1-2,4-5,8-9H2,(H2,17,20). The molecule has 2 fully saturated rings. The van der Waals surface area contributed by atoms with Crippen LogP contribution in [0.3, 0.4) is 0 Å². The lowest BCUT2D eigenvalue weighted by Gasteiger charge is -2.13. The molecule has 4 rings (SSSR count). The normalized spacial score (nSPS) is 19.8. The Bertz CT molecular complexity index is 678. The quantitative estimate of drug-likeness (QED) is 0.930. The molecule has 104 valence electrons. The van der Waals surface area contributed by atoms with Crippen LogP contribution in [0.2, 0.25) is 0 Å². The van der Waals surface area contributed by atoms with Gasteiger partial charge in [0.15, 0.2) is 0 Å². The van der Waals surface area contributed by atoms with Gasteiger partial charge in [0, 0.05) is 12.0 Å². The molecule has 2 saturated carbocycles. The van der Waals surface area contributed by atoms with E-state index in [9.17, 15) is 4.79 Å². The number of carbonyl (C=O) groups is 1. The molecule has 2 aliphatic rings. The van der Waals surface area contributed by atoms with Gasteiger partial charge in [0.05, 0.1) is 16.6 Å². The fraction of sp³-hybridized carbons (Fsp3) is 0.500. The predicted molar refractivity (Wildman–Crippen MR) is 77.7 cm³/mol. The smallest absolute Gasteiger partial charge is 0.250 e. The number of aromatic nitrogens is 2. The number of nitrogens with two attached hydrogens (primary N) is 1. The van der Waals surface area contributed by atoms with Crippen molar-refractivity contribution in [2.75, 3.05) is 0 Å². The molecule has 20 heavy (non-hydrogen) atoms. The van der Waals surface area contributed by atoms with E-state index in [1.54, 1.807) is 0 Å². The summed E-state index contributed by atoms with van der Waals surface area (Å²) in [5.74, 6) is 1.40. The van der Waals surface area contributed by atoms with Gasteiger partial charge in [0.25, 0.3) is 5.91 Å². The summed E-state index contributed by atoms with van der Waals surface area (Å²) in [6, 6.07) is 6.23. The van der Waals surface area contributed by atoms with Gasteiger partial charge in [-0.1, -0.05) is 18.9 Å². The van der Waals surface area contributed by atoms with Crippen molar-refractivity contribution in [3.05, 3.63) is 29.6 Å². The average molecular weight is 269 g/mol. The van der Waals surface area contributed by atoms with Crippen LogP contribution in [0.25, 0.3) is 11.0 Å². The molecule has 0 aliphatic heterocycles. The number of hydrogen-bond acceptors (Lipinski definition) is 2. The fourth-order valence-corrected chi connectivity index (χ4v) is 3.54. The number of benzene rings is 1. The molecule has 0 bridgehead atoms. The zero-order valence-corrected chi connectivity index (χ0v) is 11.5. The third-order valence-corrected chi connectivity index (χ3v) is 4.64. The number of fused-ring (bicyclic) bond motifs is 1. The van der Waals surface area contributed by atoms with E-state index in [1.165, 1.54) is 44.3 Å². The third-order valence-electron chi connectivity index (χ3n) is 4.64. The fourth-order valence-electron chi connectivity index (χ4n) is 3.54. The van der Waals surface area contributed by atoms with Crippen LogP contribution in [0.1, 0.15) is 66.7 Å². The van der Waals surface area contributed by atoms with Crippen molar-refractivity contribution in [2.45, 2.75) is 50.5 Å². The third kappa shape index (κ3) is 1.74. The van der Waals surface area contributed by atoms with Crippen molar-refractivity contribution in [1.29, 1.82) is 0 Å². The van der Waals surface area contributed by atoms with Gasteiger partial charge >= 0.3 is 0 Å². The van der Waals surface area contributed by atoms with Gasteiger partial charge in [-0.2, -0.15) is 0 Å². The summed E-state index contributed by atoms with van der Waals surface area (Å²) in [4.78, 5) is 16.6. The van der Waals surface area contributed by atoms with E-state index < -0.39 is 0 Å². The summed E-state index contributed by atoms with van der Waals surface area (Å²) >= 11 is 0. The number of rotatable bonds is 3. The van der Waals surface area contributed by atoms with Crippen molar-refractivity contribution >= 4 is 16.9 Å². The molecule has 1 aromatic carbocycles. The van der Waals surface area contributed by atoms with E-state index in [2.05, 4.69) is 4.57 Å². The highest BCUT2D eigenvalue weighted by Crippen LogP contribution is 2.44. The van der Waals surface area contributed by atoms with Gasteiger partial charge < -0.3 is 10.3 Å². The Morgan fingerprint density at radius 2 is 1.95 bits per heavy atom. The van der Waals surface area contributed by atoms with Gasteiger partial charge in [0.1, 0.15) is 5.82 Å². The minimum absolute atomic E-state index is 0.352. The largest absolute Gasteiger partial charge is 0.366 e. The highest BCUT2D eigenvalue weighted by molar-refractivity contribution is 6.04. The minimum atomic E-state index is -0.352. The Hall–Kier alpha value is -1.84. The van der Waals surface area contributed by atoms with E-state index in [4.69, 9.17) is 10.7 Å². The molecule has 2 aromatic rings. The SMILES string of the molecule is NC(=O)c1cccc2nc(C3CCCC3)n(C3CC3)c12. The second-order valence-corrected chi connectivity index (χ2v) is 6.09. The molecule has 0 saturated heterocycles. The second kappa shape index (κ2) is 4.33. The second-order valence-electron chi connectivity index (χ2n) is 6.09. The molecular formula is C16H19N3O. The first-order chi connectivity index (χ1) is 9.75. The maximum Gasteiger partial charge on any atom is 0.250 e. The van der Waals surface area contributed by atoms with Crippen molar-refractivity contribution in [1.82, 2.24) is 9.55 Å². The van der Waals surface area contributed by atoms with Crippen LogP contribution in [0, 0.1) is 0 Å². The van der Waals surface area contributed by atoms with Crippen molar-refractivity contribution < 1.29 is 4.79 Å². The van der Waals surface area contributed by atoms with E-state index >= 15 is 0 Å². The molecule has 2 N–H and O–H groups in total. The molecule has 1 amide bonds. The summed E-state index contributed by atoms with van der Waals surface area (Å²) in [7, 11) is 0. The van der Waals surface area contributed by atoms with Crippen LogP contribution >= 0.6 is 0 Å². The van der Waals surface area contributed by atoms with Gasteiger partial charge in [-0.25, -0.2) is 4.98 Å². The van der Waals surface area contributed by atoms with Gasteiger partial charge in [-0.3, -0.25) is 4.79 Å². The summed E-state index contributed by atoms with van der Waals surface area (Å²) in [5.41, 5.74) is 8.06. The summed E-state index contributed by atoms with van der Waals surface area (Å²) in [6.07, 6.45) is 7.42. The van der Waals surface area contributed by atoms with Gasteiger partial charge in [-0.15, -0.1) is 0 Å². The molecule has 0 unspecified atom stereocenters. The molecule has 0 atom stereocenters. The lowest BCUT2D eigenvalue weighted by Crippen LogP contribution is -2.14. The molecule has 0 radical (unpaired) electrons. The molecule has 1 heterocycles. The average Bonchev–Trinajstić information content (AvgIpc) is 3.01. The summed E-state index contributed by atoms with van der Waals surface area (Å²) in [6.45, 7) is 0. The van der Waals surface area contributed by atoms with Crippen molar-refractivity contribution in [2.24, 2.45) is 5.73 Å². The minimum Gasteiger partial charge on any atom is -0.366 e. The number of nitrogens with zero attached hydrogens (tertiary/aromatic N) is 2. The Balaban J connectivity index is 1.97. The van der Waals surface area contributed by atoms with Crippen molar-refractivity contribution in [3.8, 4) is 0 Å². The maximum atomic E-state index is 11.7. The lowest BCUT2D eigenvalue weighted by atomic mass is 10.1. The molecule has 4 heteroatoms. The topological polar surface area (TPSA) is 60.9 Å². The predicted octanol–water partition coefficient (Wildman–Crippen LogP) is 3.13. The number of imidazole rings is 1. The first-order valence-corrected chi connectivity index (χ1v) is 7.56. The highest BCUT2D eigenvalue weighted by Gasteiger charge is 2.33. The monoisotopic (exact) mass is 269 g/mol. The number of primary amides is 1. The zero-order valence-electron chi connectivity index (χ0n) is 11.5. The number of carbonyl (C=O) groups excluding carboxylic acids is 1. The molecule has 0 spiro atoms. The van der Waals surface area contributed by atoms with Crippen molar-refractivity contribution in [3.63, 3.8) is 0 Å². The van der Waals surface area contributed by atoms with Crippen LogP contribution in [0.15, 0.2) is 18.2 Å². The van der Waals surface area contributed by atoms with Gasteiger partial charge in [-0.05, 0) is 37.8 Å². The molecular weight excluding hydrogens is 250 g/mol. The number of hydrogen-bond donors (Lipinski definition) is 1. The van der Waals surface area contributed by atoms with Gasteiger partial charge in [0.2, 0.25) is 0 Å². The first-order valence-electron chi connectivity index (χ1n) is 7.56. The van der Waals surface area contributed by atoms with E-state index in [0.29, 0.717) is 17.5 Å². The Kier molecular flexibility index (Phi) is 2.59. The van der Waals surface area contributed by atoms with Crippen LogP contribution in [-0.2, 0) is 0 Å². The Morgan fingerprint density at radius 3 is 2.60 bits per heavy atom. The van der Waals surface area contributed by atoms with E-state index in [-0.39, 0.29) is 5.91 Å². The van der Waals surface area contributed by atoms with Crippen LogP contribution in [-0.4, -0.2) is 15.5 Å². The molecule has 1 aromatic heterocycles. The van der Waals surface area contributed by atoms with Crippen LogP contribution in [0.5, 0.6) is 0 Å². The zero-order chi connectivity index (χ0) is 13.7. The number of amides is 1. The first kappa shape index (κ1) is 11.9. The van der Waals surface area contributed by atoms with Crippen LogP contribution < -0.4 is 5.73 Å². The maximum absolute atomic E-state index is 11.7. The van der Waals surface area contributed by atoms with E-state index in [1.807, 2.05) is 18.2 Å².